The number of methoxy groups -OCH3 is 2. The van der Waals surface area contributed by atoms with Gasteiger partial charge in [-0.2, -0.15) is 0 Å². The lowest BCUT2D eigenvalue weighted by Crippen LogP contribution is -2.42. The highest BCUT2D eigenvalue weighted by atomic mass is 16.5. The van der Waals surface area contributed by atoms with Crippen LogP contribution in [0.15, 0.2) is 53.5 Å². The fourth-order valence-corrected chi connectivity index (χ4v) is 2.73. The first-order chi connectivity index (χ1) is 15.1. The van der Waals surface area contributed by atoms with Crippen molar-refractivity contribution in [3.05, 3.63) is 54.1 Å². The molecule has 0 bridgehead atoms. The molecule has 1 unspecified atom stereocenters. The van der Waals surface area contributed by atoms with Crippen molar-refractivity contribution >= 4 is 11.9 Å². The molecule has 0 aliphatic heterocycles. The van der Waals surface area contributed by atoms with Crippen LogP contribution in [-0.4, -0.2) is 58.4 Å². The van der Waals surface area contributed by atoms with E-state index in [4.69, 9.17) is 14.2 Å². The number of amides is 1. The van der Waals surface area contributed by atoms with Crippen molar-refractivity contribution < 1.29 is 19.0 Å². The van der Waals surface area contributed by atoms with E-state index < -0.39 is 0 Å². The molecule has 8 heteroatoms. The molecule has 0 fully saturated rings. The molecule has 2 rings (SSSR count). The fraction of sp³-hybridized carbons (Fsp3) is 0.391. The van der Waals surface area contributed by atoms with Crippen LogP contribution in [0.25, 0.3) is 0 Å². The Hall–Kier alpha value is -3.42. The molecule has 0 heterocycles. The van der Waals surface area contributed by atoms with Crippen molar-refractivity contribution in [2.75, 3.05) is 40.4 Å². The van der Waals surface area contributed by atoms with Crippen LogP contribution in [0.4, 0.5) is 0 Å². The summed E-state index contributed by atoms with van der Waals surface area (Å²) >= 11 is 0. The quantitative estimate of drug-likeness (QED) is 0.289. The van der Waals surface area contributed by atoms with Gasteiger partial charge in [0.25, 0.3) is 5.91 Å². The molecule has 168 valence electrons. The van der Waals surface area contributed by atoms with Crippen LogP contribution >= 0.6 is 0 Å². The minimum atomic E-state index is -0.137. The summed E-state index contributed by atoms with van der Waals surface area (Å²) in [5.74, 6) is 2.62. The Morgan fingerprint density at radius 3 is 2.26 bits per heavy atom. The van der Waals surface area contributed by atoms with E-state index in [-0.39, 0.29) is 12.0 Å². The third-order valence-electron chi connectivity index (χ3n) is 4.30. The minimum absolute atomic E-state index is 0.134. The summed E-state index contributed by atoms with van der Waals surface area (Å²) in [6.45, 7) is 6.14. The molecule has 0 aliphatic carbocycles. The normalized spacial score (nSPS) is 11.9. The summed E-state index contributed by atoms with van der Waals surface area (Å²) in [6, 6.07) is 14.5. The molecular formula is C23H32N4O4. The van der Waals surface area contributed by atoms with Gasteiger partial charge in [0.2, 0.25) is 0 Å². The lowest BCUT2D eigenvalue weighted by Gasteiger charge is -2.17. The van der Waals surface area contributed by atoms with E-state index in [1.54, 1.807) is 38.5 Å². The van der Waals surface area contributed by atoms with Crippen molar-refractivity contribution in [3.8, 4) is 17.2 Å². The minimum Gasteiger partial charge on any atom is -0.497 e. The van der Waals surface area contributed by atoms with Gasteiger partial charge in [-0.05, 0) is 50.2 Å². The molecule has 1 atom stereocenters. The maximum absolute atomic E-state index is 12.2. The number of guanidine groups is 1. The standard InChI is InChI=1S/C23H32N4O4/c1-5-24-23(27-16-17(2)31-21-9-7-6-8-20(21)30-4)26-15-14-25-22(28)18-10-12-19(29-3)13-11-18/h6-13,17H,5,14-16H2,1-4H3,(H,25,28)(H2,24,26,27). The number of ether oxygens (including phenoxy) is 3. The average Bonchev–Trinajstić information content (AvgIpc) is 2.80. The maximum Gasteiger partial charge on any atom is 0.251 e. The van der Waals surface area contributed by atoms with Gasteiger partial charge in [0, 0.05) is 25.2 Å². The second-order valence-electron chi connectivity index (χ2n) is 6.71. The first-order valence-corrected chi connectivity index (χ1v) is 10.3. The number of benzene rings is 2. The number of rotatable bonds is 11. The van der Waals surface area contributed by atoms with Gasteiger partial charge in [0.1, 0.15) is 11.9 Å². The van der Waals surface area contributed by atoms with E-state index in [9.17, 15) is 4.79 Å². The van der Waals surface area contributed by atoms with Gasteiger partial charge in [-0.15, -0.1) is 0 Å². The zero-order chi connectivity index (χ0) is 22.5. The highest BCUT2D eigenvalue weighted by Gasteiger charge is 2.09. The van der Waals surface area contributed by atoms with Crippen LogP contribution in [0.5, 0.6) is 17.2 Å². The Kier molecular flexibility index (Phi) is 10.0. The lowest BCUT2D eigenvalue weighted by molar-refractivity contribution is 0.0954. The number of hydrogen-bond donors (Lipinski definition) is 3. The van der Waals surface area contributed by atoms with Crippen molar-refractivity contribution in [3.63, 3.8) is 0 Å². The Balaban J connectivity index is 1.79. The smallest absolute Gasteiger partial charge is 0.251 e. The van der Waals surface area contributed by atoms with Gasteiger partial charge in [-0.25, -0.2) is 4.99 Å². The summed E-state index contributed by atoms with van der Waals surface area (Å²) in [6.07, 6.45) is -0.137. The molecule has 0 saturated heterocycles. The molecule has 0 saturated carbocycles. The molecule has 0 aromatic heterocycles. The molecular weight excluding hydrogens is 396 g/mol. The topological polar surface area (TPSA) is 93.2 Å². The van der Waals surface area contributed by atoms with Crippen LogP contribution in [0.3, 0.4) is 0 Å². The summed E-state index contributed by atoms with van der Waals surface area (Å²) in [7, 11) is 3.21. The Bertz CT molecular complexity index is 840. The molecule has 3 N–H and O–H groups in total. The van der Waals surface area contributed by atoms with Gasteiger partial charge >= 0.3 is 0 Å². The van der Waals surface area contributed by atoms with E-state index in [0.29, 0.717) is 48.4 Å². The van der Waals surface area contributed by atoms with E-state index in [1.165, 1.54) is 0 Å². The van der Waals surface area contributed by atoms with Gasteiger partial charge in [0.05, 0.1) is 20.8 Å². The van der Waals surface area contributed by atoms with E-state index in [1.807, 2.05) is 38.1 Å². The lowest BCUT2D eigenvalue weighted by atomic mass is 10.2. The number of hydrogen-bond acceptors (Lipinski definition) is 5. The van der Waals surface area contributed by atoms with Crippen LogP contribution in [-0.2, 0) is 0 Å². The van der Waals surface area contributed by atoms with E-state index in [2.05, 4.69) is 20.9 Å². The van der Waals surface area contributed by atoms with Crippen LogP contribution in [0, 0.1) is 0 Å². The monoisotopic (exact) mass is 428 g/mol. The van der Waals surface area contributed by atoms with Crippen molar-refractivity contribution in [1.29, 1.82) is 0 Å². The first kappa shape index (κ1) is 23.9. The zero-order valence-corrected chi connectivity index (χ0v) is 18.6. The molecule has 1 amide bonds. The first-order valence-electron chi connectivity index (χ1n) is 10.3. The predicted octanol–water partition coefficient (Wildman–Crippen LogP) is 2.46. The maximum atomic E-state index is 12.2. The molecule has 0 aliphatic rings. The molecule has 0 radical (unpaired) electrons. The largest absolute Gasteiger partial charge is 0.497 e. The second kappa shape index (κ2) is 13.0. The number of carbonyl (C=O) groups is 1. The summed E-state index contributed by atoms with van der Waals surface area (Å²) in [5, 5.41) is 9.28. The average molecular weight is 429 g/mol. The van der Waals surface area contributed by atoms with Crippen molar-refractivity contribution in [2.24, 2.45) is 4.99 Å². The fourth-order valence-electron chi connectivity index (χ4n) is 2.73. The number of nitrogens with one attached hydrogen (secondary N) is 3. The number of aliphatic imine (C=N–C) groups is 1. The molecule has 2 aromatic carbocycles. The van der Waals surface area contributed by atoms with Crippen molar-refractivity contribution in [1.82, 2.24) is 16.0 Å². The Morgan fingerprint density at radius 1 is 0.935 bits per heavy atom. The van der Waals surface area contributed by atoms with Gasteiger partial charge < -0.3 is 30.2 Å². The van der Waals surface area contributed by atoms with Crippen molar-refractivity contribution in [2.45, 2.75) is 20.0 Å². The third-order valence-corrected chi connectivity index (χ3v) is 4.30. The highest BCUT2D eigenvalue weighted by molar-refractivity contribution is 5.94. The van der Waals surface area contributed by atoms with E-state index >= 15 is 0 Å². The summed E-state index contributed by atoms with van der Waals surface area (Å²) in [4.78, 5) is 16.8. The van der Waals surface area contributed by atoms with Crippen LogP contribution in [0.1, 0.15) is 24.2 Å². The van der Waals surface area contributed by atoms with Gasteiger partial charge in [-0.3, -0.25) is 4.79 Å². The molecule has 2 aromatic rings. The molecule has 31 heavy (non-hydrogen) atoms. The van der Waals surface area contributed by atoms with Gasteiger partial charge in [-0.1, -0.05) is 12.1 Å². The predicted molar refractivity (Wildman–Crippen MR) is 122 cm³/mol. The highest BCUT2D eigenvalue weighted by Crippen LogP contribution is 2.26. The molecule has 0 spiro atoms. The zero-order valence-electron chi connectivity index (χ0n) is 18.6. The van der Waals surface area contributed by atoms with E-state index in [0.717, 1.165) is 6.54 Å². The van der Waals surface area contributed by atoms with Gasteiger partial charge in [0.15, 0.2) is 17.5 Å². The number of para-hydroxylation sites is 2. The summed E-state index contributed by atoms with van der Waals surface area (Å²) < 4.78 is 16.4. The second-order valence-corrected chi connectivity index (χ2v) is 6.71. The summed E-state index contributed by atoms with van der Waals surface area (Å²) in [5.41, 5.74) is 0.587. The Morgan fingerprint density at radius 2 is 1.61 bits per heavy atom. The number of nitrogens with zero attached hydrogens (tertiary/aromatic N) is 1. The number of carbonyl (C=O) groups excluding carboxylic acids is 1. The van der Waals surface area contributed by atoms with Crippen LogP contribution < -0.4 is 30.2 Å². The third kappa shape index (κ3) is 8.08. The Labute approximate surface area is 184 Å². The SMILES string of the molecule is CCNC(=NCC(C)Oc1ccccc1OC)NCCNC(=O)c1ccc(OC)cc1. The van der Waals surface area contributed by atoms with Crippen LogP contribution in [0.2, 0.25) is 0 Å². The molecule has 8 nitrogen and oxygen atoms in total.